The van der Waals surface area contributed by atoms with Gasteiger partial charge in [0, 0.05) is 5.69 Å². The number of rotatable bonds is 7. The molecule has 1 aromatic carbocycles. The highest BCUT2D eigenvalue weighted by Gasteiger charge is 2.09. The smallest absolute Gasteiger partial charge is 0.116 e. The number of nitrogens with one attached hydrogen (secondary N) is 3. The summed E-state index contributed by atoms with van der Waals surface area (Å²) < 4.78 is 0. The van der Waals surface area contributed by atoms with Crippen molar-refractivity contribution in [2.24, 2.45) is 0 Å². The maximum absolute atomic E-state index is 3.80. The minimum atomic E-state index is -0.0575. The van der Waals surface area contributed by atoms with Crippen LogP contribution in [0.25, 0.3) is 0 Å². The highest BCUT2D eigenvalue weighted by molar-refractivity contribution is 5.46. The van der Waals surface area contributed by atoms with Gasteiger partial charge in [-0.25, -0.2) is 5.43 Å². The van der Waals surface area contributed by atoms with Crippen LogP contribution in [0.2, 0.25) is 0 Å². The van der Waals surface area contributed by atoms with E-state index in [2.05, 4.69) is 29.3 Å². The quantitative estimate of drug-likeness (QED) is 0.382. The molecule has 0 fully saturated rings. The van der Waals surface area contributed by atoms with Gasteiger partial charge < -0.3 is 5.32 Å². The number of para-hydroxylation sites is 1. The number of hydrazine groups is 1. The lowest BCUT2D eigenvalue weighted by atomic mass is 10.1. The predicted octanol–water partition coefficient (Wildman–Crippen LogP) is 2.45. The fraction of sp³-hybridized carbons (Fsp3) is 0.143. The third kappa shape index (κ3) is 4.26. The predicted molar refractivity (Wildman–Crippen MR) is 74.5 cm³/mol. The first-order valence-corrected chi connectivity index (χ1v) is 5.50. The van der Waals surface area contributed by atoms with Crippen LogP contribution in [-0.2, 0) is 0 Å². The van der Waals surface area contributed by atoms with E-state index in [4.69, 9.17) is 0 Å². The van der Waals surface area contributed by atoms with Crippen molar-refractivity contribution in [1.29, 1.82) is 0 Å². The second-order valence-electron chi connectivity index (χ2n) is 3.44. The van der Waals surface area contributed by atoms with Crippen molar-refractivity contribution in [2.75, 3.05) is 12.4 Å². The second-order valence-corrected chi connectivity index (χ2v) is 3.44. The summed E-state index contributed by atoms with van der Waals surface area (Å²) in [4.78, 5) is 0. The monoisotopic (exact) mass is 229 g/mol. The van der Waals surface area contributed by atoms with Crippen LogP contribution in [0.5, 0.6) is 0 Å². The molecule has 17 heavy (non-hydrogen) atoms. The van der Waals surface area contributed by atoms with Crippen molar-refractivity contribution in [3.8, 4) is 0 Å². The van der Waals surface area contributed by atoms with Crippen LogP contribution < -0.4 is 16.2 Å². The third-order valence-electron chi connectivity index (χ3n) is 2.25. The zero-order valence-electron chi connectivity index (χ0n) is 10.1. The van der Waals surface area contributed by atoms with Crippen molar-refractivity contribution >= 4 is 5.69 Å². The molecule has 0 aromatic heterocycles. The van der Waals surface area contributed by atoms with E-state index in [0.717, 1.165) is 11.3 Å². The summed E-state index contributed by atoms with van der Waals surface area (Å²) >= 11 is 0. The molecule has 0 radical (unpaired) electrons. The molecule has 0 amide bonds. The number of hydrogen-bond donors (Lipinski definition) is 3. The Labute approximate surface area is 103 Å². The van der Waals surface area contributed by atoms with Crippen LogP contribution >= 0.6 is 0 Å². The van der Waals surface area contributed by atoms with E-state index in [-0.39, 0.29) is 6.17 Å². The Hall–Kier alpha value is -1.84. The Morgan fingerprint density at radius 1 is 1.24 bits per heavy atom. The first kappa shape index (κ1) is 13.2. The average Bonchev–Trinajstić information content (AvgIpc) is 2.37. The molecule has 0 heterocycles. The molecule has 3 heteroatoms. The van der Waals surface area contributed by atoms with E-state index in [1.54, 1.807) is 12.2 Å². The van der Waals surface area contributed by atoms with Gasteiger partial charge in [-0.2, -0.15) is 0 Å². The standard InChI is InChI=1S/C14H19N3/c1-4-9-12(5-2)14(17-15-3)16-13-10-7-6-8-11-13/h4-11,14-17H,1-2H2,3H3/b12-9+. The molecule has 3 nitrogen and oxygen atoms in total. The lowest BCUT2D eigenvalue weighted by molar-refractivity contribution is 0.549. The first-order valence-electron chi connectivity index (χ1n) is 5.50. The molecule has 1 atom stereocenters. The van der Waals surface area contributed by atoms with E-state index in [9.17, 15) is 0 Å². The number of benzene rings is 1. The maximum Gasteiger partial charge on any atom is 0.116 e. The molecule has 0 aliphatic rings. The van der Waals surface area contributed by atoms with Crippen molar-refractivity contribution in [1.82, 2.24) is 10.9 Å². The summed E-state index contributed by atoms with van der Waals surface area (Å²) in [5.41, 5.74) is 8.10. The average molecular weight is 229 g/mol. The van der Waals surface area contributed by atoms with Crippen LogP contribution in [0.3, 0.4) is 0 Å². The summed E-state index contributed by atoms with van der Waals surface area (Å²) in [6, 6.07) is 9.99. The van der Waals surface area contributed by atoms with Crippen molar-refractivity contribution < 1.29 is 0 Å². The highest BCUT2D eigenvalue weighted by atomic mass is 15.4. The van der Waals surface area contributed by atoms with Crippen LogP contribution in [-0.4, -0.2) is 13.2 Å². The van der Waals surface area contributed by atoms with Crippen LogP contribution in [0.15, 0.2) is 67.3 Å². The first-order chi connectivity index (χ1) is 8.31. The minimum Gasteiger partial charge on any atom is -0.365 e. The van der Waals surface area contributed by atoms with Crippen LogP contribution in [0.1, 0.15) is 0 Å². The van der Waals surface area contributed by atoms with Gasteiger partial charge in [0.15, 0.2) is 0 Å². The van der Waals surface area contributed by atoms with E-state index in [0.29, 0.717) is 0 Å². The zero-order chi connectivity index (χ0) is 12.5. The fourth-order valence-corrected chi connectivity index (χ4v) is 1.47. The Bertz CT molecular complexity index is 382. The Morgan fingerprint density at radius 3 is 2.47 bits per heavy atom. The van der Waals surface area contributed by atoms with Crippen molar-refractivity contribution in [2.45, 2.75) is 6.17 Å². The number of allylic oxidation sites excluding steroid dienone is 2. The zero-order valence-corrected chi connectivity index (χ0v) is 10.1. The van der Waals surface area contributed by atoms with Gasteiger partial charge in [0.1, 0.15) is 6.17 Å². The van der Waals surface area contributed by atoms with Gasteiger partial charge >= 0.3 is 0 Å². The van der Waals surface area contributed by atoms with E-state index in [1.165, 1.54) is 0 Å². The Morgan fingerprint density at radius 2 is 1.94 bits per heavy atom. The number of hydrogen-bond acceptors (Lipinski definition) is 3. The molecule has 3 N–H and O–H groups in total. The molecule has 0 saturated heterocycles. The summed E-state index contributed by atoms with van der Waals surface area (Å²) in [5.74, 6) is 0. The Balaban J connectivity index is 2.82. The van der Waals surface area contributed by atoms with E-state index >= 15 is 0 Å². The minimum absolute atomic E-state index is 0.0575. The summed E-state index contributed by atoms with van der Waals surface area (Å²) in [6.07, 6.45) is 5.40. The van der Waals surface area contributed by atoms with E-state index in [1.807, 2.05) is 43.5 Å². The normalized spacial score (nSPS) is 12.9. The molecule has 0 aliphatic carbocycles. The molecule has 1 aromatic rings. The molecule has 0 aliphatic heterocycles. The van der Waals surface area contributed by atoms with Gasteiger partial charge in [0.25, 0.3) is 0 Å². The molecule has 1 rings (SSSR count). The van der Waals surface area contributed by atoms with Gasteiger partial charge in [-0.3, -0.25) is 5.43 Å². The molecule has 0 saturated carbocycles. The van der Waals surface area contributed by atoms with Crippen LogP contribution in [0.4, 0.5) is 5.69 Å². The lowest BCUT2D eigenvalue weighted by Crippen LogP contribution is -2.44. The second kappa shape index (κ2) is 7.44. The molecular formula is C14H19N3. The summed E-state index contributed by atoms with van der Waals surface area (Å²) in [7, 11) is 1.83. The van der Waals surface area contributed by atoms with Gasteiger partial charge in [0.05, 0.1) is 0 Å². The molecular weight excluding hydrogens is 210 g/mol. The molecule has 90 valence electrons. The van der Waals surface area contributed by atoms with Crippen molar-refractivity contribution in [3.05, 3.63) is 67.3 Å². The Kier molecular flexibility index (Phi) is 5.79. The largest absolute Gasteiger partial charge is 0.365 e. The van der Waals surface area contributed by atoms with Crippen molar-refractivity contribution in [3.63, 3.8) is 0 Å². The van der Waals surface area contributed by atoms with E-state index < -0.39 is 0 Å². The molecule has 1 unspecified atom stereocenters. The van der Waals surface area contributed by atoms with Crippen LogP contribution in [0, 0.1) is 0 Å². The van der Waals surface area contributed by atoms with Gasteiger partial charge in [-0.05, 0) is 24.8 Å². The SMILES string of the molecule is C=C/C=C(\C=C)C(NNC)Nc1ccccc1. The molecule has 0 spiro atoms. The third-order valence-corrected chi connectivity index (χ3v) is 2.25. The topological polar surface area (TPSA) is 36.1 Å². The van der Waals surface area contributed by atoms with Gasteiger partial charge in [-0.15, -0.1) is 0 Å². The summed E-state index contributed by atoms with van der Waals surface area (Å²) in [6.45, 7) is 7.50. The van der Waals surface area contributed by atoms with Gasteiger partial charge in [-0.1, -0.05) is 49.6 Å². The molecule has 0 bridgehead atoms. The fourth-order valence-electron chi connectivity index (χ4n) is 1.47. The summed E-state index contributed by atoms with van der Waals surface area (Å²) in [5, 5.41) is 3.35. The number of anilines is 1. The maximum atomic E-state index is 3.80. The van der Waals surface area contributed by atoms with Gasteiger partial charge in [0.2, 0.25) is 0 Å². The lowest BCUT2D eigenvalue weighted by Gasteiger charge is -2.21. The highest BCUT2D eigenvalue weighted by Crippen LogP contribution is 2.11.